The Kier molecular flexibility index (Phi) is 13.4. The summed E-state index contributed by atoms with van der Waals surface area (Å²) in [5, 5.41) is 0. The summed E-state index contributed by atoms with van der Waals surface area (Å²) in [6.07, 6.45) is 18.7. The Hall–Kier alpha value is -3.08. The van der Waals surface area contributed by atoms with E-state index in [1.165, 1.54) is 51.4 Å². The van der Waals surface area contributed by atoms with E-state index in [2.05, 4.69) is 54.5 Å². The average molecular weight is 739 g/mol. The Morgan fingerprint density at radius 1 is 0.833 bits per heavy atom. The maximum absolute atomic E-state index is 13.0. The van der Waals surface area contributed by atoms with Crippen molar-refractivity contribution >= 4 is 11.9 Å². The lowest BCUT2D eigenvalue weighted by Crippen LogP contribution is -2.51. The number of benzene rings is 2. The van der Waals surface area contributed by atoms with Crippen molar-refractivity contribution in [1.29, 1.82) is 0 Å². The summed E-state index contributed by atoms with van der Waals surface area (Å²) in [6, 6.07) is 15.5. The largest absolute Gasteiger partial charge is 0.494 e. The van der Waals surface area contributed by atoms with Gasteiger partial charge in [-0.25, -0.2) is 4.79 Å². The summed E-state index contributed by atoms with van der Waals surface area (Å²) in [5.74, 6) is 5.78. The molecule has 296 valence electrons. The third kappa shape index (κ3) is 9.13. The highest BCUT2D eigenvalue weighted by atomic mass is 16.5. The van der Waals surface area contributed by atoms with Crippen LogP contribution in [0.2, 0.25) is 0 Å². The second kappa shape index (κ2) is 17.8. The van der Waals surface area contributed by atoms with E-state index in [4.69, 9.17) is 14.2 Å². The fourth-order valence-corrected chi connectivity index (χ4v) is 11.4. The number of hydrogen-bond donors (Lipinski definition) is 0. The van der Waals surface area contributed by atoms with Gasteiger partial charge in [-0.1, -0.05) is 110 Å². The van der Waals surface area contributed by atoms with Crippen LogP contribution < -0.4 is 4.74 Å². The van der Waals surface area contributed by atoms with Crippen LogP contribution in [0.25, 0.3) is 11.1 Å². The molecule has 4 aliphatic rings. The molecule has 2 aromatic carbocycles. The first-order valence-electron chi connectivity index (χ1n) is 21.8. The number of carbonyl (C=O) groups excluding carboxylic acids is 2. The third-order valence-electron chi connectivity index (χ3n) is 14.9. The summed E-state index contributed by atoms with van der Waals surface area (Å²) >= 11 is 0. The van der Waals surface area contributed by atoms with Crippen LogP contribution in [0.4, 0.5) is 0 Å². The molecule has 3 saturated carbocycles. The van der Waals surface area contributed by atoms with Crippen molar-refractivity contribution in [2.45, 2.75) is 144 Å². The number of carbonyl (C=O) groups is 2. The highest BCUT2D eigenvalue weighted by Crippen LogP contribution is 2.67. The van der Waals surface area contributed by atoms with Gasteiger partial charge in [0.1, 0.15) is 11.9 Å². The van der Waals surface area contributed by atoms with Crippen LogP contribution in [0.15, 0.2) is 60.2 Å². The predicted octanol–water partition coefficient (Wildman–Crippen LogP) is 12.7. The Morgan fingerprint density at radius 2 is 1.56 bits per heavy atom. The zero-order chi connectivity index (χ0) is 38.5. The maximum Gasteiger partial charge on any atom is 0.338 e. The number of rotatable bonds is 16. The Labute approximate surface area is 327 Å². The standard InChI is InChI=1S/C49H70O5/c1-8-34(4)32-53-47(51)38-16-14-36(15-17-38)37-18-21-40(22-19-37)52-30-10-13-46(50)54-41-26-28-48(6)39(31-41)20-23-42-44-25-24-43(35(5)12-9-11-33(2)3)49(44,7)29-27-45(42)48/h14-22,33-35,41-45H,8-13,23-32H2,1-7H3/t34-,35+,41-,42-,43+,44-,45-,48-,49+/m0/s1. The quantitative estimate of drug-likeness (QED) is 0.0975. The minimum atomic E-state index is -0.280. The minimum absolute atomic E-state index is 0.00251. The van der Waals surface area contributed by atoms with Crippen LogP contribution in [-0.4, -0.2) is 31.3 Å². The Morgan fingerprint density at radius 3 is 2.26 bits per heavy atom. The lowest BCUT2D eigenvalue weighted by molar-refractivity contribution is -0.151. The van der Waals surface area contributed by atoms with Crippen molar-refractivity contribution in [3.8, 4) is 16.9 Å². The Balaban J connectivity index is 0.927. The summed E-state index contributed by atoms with van der Waals surface area (Å²) in [6.45, 7) is 17.6. The summed E-state index contributed by atoms with van der Waals surface area (Å²) in [4.78, 5) is 25.3. The van der Waals surface area contributed by atoms with Gasteiger partial charge in [-0.2, -0.15) is 0 Å². The molecule has 0 aromatic heterocycles. The van der Waals surface area contributed by atoms with E-state index in [1.54, 1.807) is 5.57 Å². The Bertz CT molecular complexity index is 1570. The van der Waals surface area contributed by atoms with E-state index >= 15 is 0 Å². The number of ether oxygens (including phenoxy) is 3. The molecule has 6 rings (SSSR count). The summed E-state index contributed by atoms with van der Waals surface area (Å²) in [7, 11) is 0. The van der Waals surface area contributed by atoms with Crippen LogP contribution in [0.3, 0.4) is 0 Å². The fraction of sp³-hybridized carbons (Fsp3) is 0.673. The minimum Gasteiger partial charge on any atom is -0.494 e. The highest BCUT2D eigenvalue weighted by molar-refractivity contribution is 5.90. The van der Waals surface area contributed by atoms with Crippen LogP contribution in [-0.2, 0) is 14.3 Å². The molecule has 0 saturated heterocycles. The van der Waals surface area contributed by atoms with Gasteiger partial charge in [-0.3, -0.25) is 4.79 Å². The molecule has 0 amide bonds. The third-order valence-corrected chi connectivity index (χ3v) is 14.9. The van der Waals surface area contributed by atoms with Gasteiger partial charge in [-0.15, -0.1) is 0 Å². The molecule has 5 nitrogen and oxygen atoms in total. The van der Waals surface area contributed by atoms with Crippen molar-refractivity contribution in [2.75, 3.05) is 13.2 Å². The fourth-order valence-electron chi connectivity index (χ4n) is 11.4. The number of esters is 2. The van der Waals surface area contributed by atoms with Crippen LogP contribution in [0.1, 0.15) is 149 Å². The second-order valence-electron chi connectivity index (χ2n) is 18.8. The number of hydrogen-bond acceptors (Lipinski definition) is 5. The zero-order valence-corrected chi connectivity index (χ0v) is 34.7. The van der Waals surface area contributed by atoms with Gasteiger partial charge in [-0.05, 0) is 139 Å². The van der Waals surface area contributed by atoms with E-state index in [0.29, 0.717) is 43.0 Å². The highest BCUT2D eigenvalue weighted by Gasteiger charge is 2.59. The first-order chi connectivity index (χ1) is 25.9. The maximum atomic E-state index is 13.0. The smallest absolute Gasteiger partial charge is 0.338 e. The molecule has 5 heteroatoms. The van der Waals surface area contributed by atoms with E-state index in [0.717, 1.165) is 78.1 Å². The zero-order valence-electron chi connectivity index (χ0n) is 34.7. The van der Waals surface area contributed by atoms with Crippen molar-refractivity contribution in [2.24, 2.45) is 52.3 Å². The SMILES string of the molecule is CC[C@H](C)COC(=O)c1ccc(-c2ccc(OCCCC(=O)O[C@H]3CC[C@@]4(C)C(=CC[C@H]5[C@@H]6CC[C@H]([C@H](C)CCCC(C)C)[C@@]6(C)CC[C@@H]54)C3)cc2)cc1. The first-order valence-corrected chi connectivity index (χ1v) is 21.8. The van der Waals surface area contributed by atoms with Gasteiger partial charge in [0.05, 0.1) is 18.8 Å². The topological polar surface area (TPSA) is 61.8 Å². The summed E-state index contributed by atoms with van der Waals surface area (Å²) in [5.41, 5.74) is 4.99. The second-order valence-corrected chi connectivity index (χ2v) is 18.8. The van der Waals surface area contributed by atoms with Crippen molar-refractivity contribution in [1.82, 2.24) is 0 Å². The van der Waals surface area contributed by atoms with E-state index in [9.17, 15) is 9.59 Å². The lowest BCUT2D eigenvalue weighted by atomic mass is 9.47. The molecule has 0 bridgehead atoms. The van der Waals surface area contributed by atoms with E-state index in [1.807, 2.05) is 48.5 Å². The van der Waals surface area contributed by atoms with Gasteiger partial charge in [0.15, 0.2) is 0 Å². The van der Waals surface area contributed by atoms with Gasteiger partial charge in [0, 0.05) is 12.8 Å². The molecule has 0 aliphatic heterocycles. The monoisotopic (exact) mass is 739 g/mol. The van der Waals surface area contributed by atoms with Gasteiger partial charge >= 0.3 is 11.9 Å². The van der Waals surface area contributed by atoms with Crippen LogP contribution >= 0.6 is 0 Å². The predicted molar refractivity (Wildman–Crippen MR) is 219 cm³/mol. The van der Waals surface area contributed by atoms with Crippen LogP contribution in [0.5, 0.6) is 5.75 Å². The summed E-state index contributed by atoms with van der Waals surface area (Å²) < 4.78 is 17.5. The molecule has 9 atom stereocenters. The van der Waals surface area contributed by atoms with Gasteiger partial charge in [0.25, 0.3) is 0 Å². The van der Waals surface area contributed by atoms with E-state index < -0.39 is 0 Å². The molecule has 54 heavy (non-hydrogen) atoms. The molecule has 0 radical (unpaired) electrons. The molecule has 2 aromatic rings. The molecule has 3 fully saturated rings. The van der Waals surface area contributed by atoms with Crippen molar-refractivity contribution in [3.05, 3.63) is 65.7 Å². The first kappa shape index (κ1) is 40.6. The normalized spacial score (nSPS) is 30.0. The molecular formula is C49H70O5. The average Bonchev–Trinajstić information content (AvgIpc) is 3.53. The lowest BCUT2D eigenvalue weighted by Gasteiger charge is -2.58. The molecule has 0 unspecified atom stereocenters. The van der Waals surface area contributed by atoms with Crippen molar-refractivity contribution < 1.29 is 23.8 Å². The molecule has 4 aliphatic carbocycles. The number of fused-ring (bicyclic) bond motifs is 5. The molecule has 0 heterocycles. The molecule has 0 N–H and O–H groups in total. The van der Waals surface area contributed by atoms with Gasteiger partial charge < -0.3 is 14.2 Å². The number of allylic oxidation sites excluding steroid dienone is 1. The molecular weight excluding hydrogens is 669 g/mol. The van der Waals surface area contributed by atoms with Gasteiger partial charge in [0.2, 0.25) is 0 Å². The van der Waals surface area contributed by atoms with E-state index in [-0.39, 0.29) is 23.5 Å². The van der Waals surface area contributed by atoms with Crippen LogP contribution in [0, 0.1) is 52.3 Å². The van der Waals surface area contributed by atoms with Crippen molar-refractivity contribution in [3.63, 3.8) is 0 Å². The molecule has 0 spiro atoms.